The Morgan fingerprint density at radius 1 is 1.61 bits per heavy atom. The van der Waals surface area contributed by atoms with E-state index in [2.05, 4.69) is 36.0 Å². The van der Waals surface area contributed by atoms with E-state index in [1.54, 1.807) is 0 Å². The van der Waals surface area contributed by atoms with Gasteiger partial charge in [0, 0.05) is 41.2 Å². The zero-order chi connectivity index (χ0) is 13.0. The fraction of sp³-hybridized carbons (Fsp3) is 0.769. The highest BCUT2D eigenvalue weighted by Crippen LogP contribution is 2.30. The Kier molecular flexibility index (Phi) is 5.33. The second-order valence-corrected chi connectivity index (χ2v) is 7.03. The molecule has 1 aromatic rings. The third-order valence-corrected chi connectivity index (χ3v) is 5.66. The molecule has 18 heavy (non-hydrogen) atoms. The molecule has 2 rings (SSSR count). The van der Waals surface area contributed by atoms with Crippen molar-refractivity contribution in [2.45, 2.75) is 39.3 Å². The Hall–Kier alpha value is -0.260. The van der Waals surface area contributed by atoms with Gasteiger partial charge in [-0.2, -0.15) is 11.8 Å². The lowest BCUT2D eigenvalue weighted by atomic mass is 10.3. The molecule has 0 amide bonds. The Morgan fingerprint density at radius 2 is 2.44 bits per heavy atom. The molecule has 1 aromatic heterocycles. The first-order valence-electron chi connectivity index (χ1n) is 6.76. The number of thiazole rings is 1. The molecule has 1 saturated heterocycles. The second kappa shape index (κ2) is 6.78. The van der Waals surface area contributed by atoms with Crippen LogP contribution in [0, 0.1) is 0 Å². The Morgan fingerprint density at radius 3 is 3.17 bits per heavy atom. The van der Waals surface area contributed by atoms with E-state index < -0.39 is 0 Å². The summed E-state index contributed by atoms with van der Waals surface area (Å²) in [5.74, 6) is 2.45. The van der Waals surface area contributed by atoms with Crippen LogP contribution in [-0.2, 0) is 0 Å². The summed E-state index contributed by atoms with van der Waals surface area (Å²) in [6.45, 7) is 8.93. The predicted molar refractivity (Wildman–Crippen MR) is 83.0 cm³/mol. The maximum absolute atomic E-state index is 4.61. The normalized spacial score (nSPS) is 22.2. The first-order chi connectivity index (χ1) is 8.72. The molecule has 2 unspecified atom stereocenters. The van der Waals surface area contributed by atoms with Gasteiger partial charge in [-0.25, -0.2) is 4.98 Å². The third kappa shape index (κ3) is 3.39. The zero-order valence-corrected chi connectivity index (χ0v) is 13.1. The summed E-state index contributed by atoms with van der Waals surface area (Å²) < 4.78 is 0. The van der Waals surface area contributed by atoms with E-state index in [1.807, 2.05) is 29.3 Å². The van der Waals surface area contributed by atoms with Crippen molar-refractivity contribution in [1.82, 2.24) is 10.3 Å². The standard InChI is InChI=1S/C13H23N3S2/c1-4-5-14-11(3)12-8-15-13(18-12)16-6-7-17-9-10(16)2/h8,10-11,14H,4-7,9H2,1-3H3. The van der Waals surface area contributed by atoms with Crippen LogP contribution in [0.3, 0.4) is 0 Å². The molecule has 0 aromatic carbocycles. The molecule has 1 N–H and O–H groups in total. The van der Waals surface area contributed by atoms with Gasteiger partial charge in [0.2, 0.25) is 0 Å². The maximum Gasteiger partial charge on any atom is 0.185 e. The van der Waals surface area contributed by atoms with Crippen LogP contribution >= 0.6 is 23.1 Å². The summed E-state index contributed by atoms with van der Waals surface area (Å²) in [5.41, 5.74) is 0. The van der Waals surface area contributed by atoms with Crippen LogP contribution in [0.1, 0.15) is 38.1 Å². The minimum atomic E-state index is 0.422. The molecule has 0 spiro atoms. The van der Waals surface area contributed by atoms with Crippen molar-refractivity contribution in [2.75, 3.05) is 29.5 Å². The van der Waals surface area contributed by atoms with E-state index in [0.29, 0.717) is 12.1 Å². The lowest BCUT2D eigenvalue weighted by Crippen LogP contribution is -2.40. The summed E-state index contributed by atoms with van der Waals surface area (Å²) in [6, 6.07) is 1.03. The first-order valence-corrected chi connectivity index (χ1v) is 8.73. The van der Waals surface area contributed by atoms with Crippen LogP contribution in [0.4, 0.5) is 5.13 Å². The van der Waals surface area contributed by atoms with Crippen molar-refractivity contribution in [3.05, 3.63) is 11.1 Å². The summed E-state index contributed by atoms with van der Waals surface area (Å²) in [4.78, 5) is 8.42. The third-order valence-electron chi connectivity index (χ3n) is 3.25. The summed E-state index contributed by atoms with van der Waals surface area (Å²) >= 11 is 3.89. The minimum Gasteiger partial charge on any atom is -0.344 e. The van der Waals surface area contributed by atoms with Gasteiger partial charge in [-0.15, -0.1) is 11.3 Å². The zero-order valence-electron chi connectivity index (χ0n) is 11.5. The van der Waals surface area contributed by atoms with Gasteiger partial charge >= 0.3 is 0 Å². The molecule has 3 nitrogen and oxygen atoms in total. The van der Waals surface area contributed by atoms with Crippen molar-refractivity contribution in [2.24, 2.45) is 0 Å². The topological polar surface area (TPSA) is 28.2 Å². The van der Waals surface area contributed by atoms with E-state index in [1.165, 1.54) is 27.9 Å². The van der Waals surface area contributed by atoms with Crippen LogP contribution in [0.2, 0.25) is 0 Å². The number of thioether (sulfide) groups is 1. The van der Waals surface area contributed by atoms with Gasteiger partial charge in [-0.1, -0.05) is 6.92 Å². The molecule has 1 aliphatic rings. The maximum atomic E-state index is 4.61. The van der Waals surface area contributed by atoms with Crippen LogP contribution in [0.15, 0.2) is 6.20 Å². The van der Waals surface area contributed by atoms with Gasteiger partial charge in [-0.05, 0) is 26.8 Å². The number of aromatic nitrogens is 1. The fourth-order valence-electron chi connectivity index (χ4n) is 2.08. The molecule has 2 atom stereocenters. The average Bonchev–Trinajstić information content (AvgIpc) is 2.86. The minimum absolute atomic E-state index is 0.422. The number of anilines is 1. The highest BCUT2D eigenvalue weighted by Gasteiger charge is 2.22. The first kappa shape index (κ1) is 14.2. The smallest absolute Gasteiger partial charge is 0.185 e. The van der Waals surface area contributed by atoms with E-state index in [0.717, 1.165) is 13.1 Å². The van der Waals surface area contributed by atoms with Crippen molar-refractivity contribution < 1.29 is 0 Å². The molecular formula is C13H23N3S2. The quantitative estimate of drug-likeness (QED) is 0.899. The Balaban J connectivity index is 2.00. The molecular weight excluding hydrogens is 262 g/mol. The van der Waals surface area contributed by atoms with Gasteiger partial charge < -0.3 is 10.2 Å². The van der Waals surface area contributed by atoms with Crippen LogP contribution in [0.25, 0.3) is 0 Å². The van der Waals surface area contributed by atoms with Crippen LogP contribution in [-0.4, -0.2) is 35.6 Å². The van der Waals surface area contributed by atoms with Crippen molar-refractivity contribution in [3.8, 4) is 0 Å². The average molecular weight is 285 g/mol. The highest BCUT2D eigenvalue weighted by atomic mass is 32.2. The van der Waals surface area contributed by atoms with Gasteiger partial charge in [0.05, 0.1) is 0 Å². The molecule has 0 saturated carbocycles. The van der Waals surface area contributed by atoms with E-state index in [-0.39, 0.29) is 0 Å². The number of hydrogen-bond acceptors (Lipinski definition) is 5. The summed E-state index contributed by atoms with van der Waals surface area (Å²) in [5, 5.41) is 4.72. The molecule has 1 aliphatic heterocycles. The number of rotatable bonds is 5. The fourth-order valence-corrected chi connectivity index (χ4v) is 4.17. The lowest BCUT2D eigenvalue weighted by Gasteiger charge is -2.32. The van der Waals surface area contributed by atoms with Gasteiger partial charge in [0.1, 0.15) is 0 Å². The molecule has 0 bridgehead atoms. The van der Waals surface area contributed by atoms with Gasteiger partial charge in [-0.3, -0.25) is 0 Å². The molecule has 0 aliphatic carbocycles. The van der Waals surface area contributed by atoms with Crippen LogP contribution in [0.5, 0.6) is 0 Å². The number of hydrogen-bond donors (Lipinski definition) is 1. The van der Waals surface area contributed by atoms with Crippen molar-refractivity contribution in [1.29, 1.82) is 0 Å². The largest absolute Gasteiger partial charge is 0.344 e. The van der Waals surface area contributed by atoms with E-state index in [4.69, 9.17) is 0 Å². The number of nitrogens with zero attached hydrogens (tertiary/aromatic N) is 2. The van der Waals surface area contributed by atoms with E-state index >= 15 is 0 Å². The van der Waals surface area contributed by atoms with Gasteiger partial charge in [0.15, 0.2) is 5.13 Å². The molecule has 2 heterocycles. The lowest BCUT2D eigenvalue weighted by molar-refractivity contribution is 0.577. The SMILES string of the molecule is CCCNC(C)c1cnc(N2CCSCC2C)s1. The summed E-state index contributed by atoms with van der Waals surface area (Å²) in [7, 11) is 0. The second-order valence-electron chi connectivity index (χ2n) is 4.84. The highest BCUT2D eigenvalue weighted by molar-refractivity contribution is 7.99. The van der Waals surface area contributed by atoms with Crippen molar-refractivity contribution >= 4 is 28.2 Å². The molecule has 1 fully saturated rings. The van der Waals surface area contributed by atoms with Crippen LogP contribution < -0.4 is 10.2 Å². The molecule has 102 valence electrons. The van der Waals surface area contributed by atoms with Crippen molar-refractivity contribution in [3.63, 3.8) is 0 Å². The summed E-state index contributed by atoms with van der Waals surface area (Å²) in [6.07, 6.45) is 3.22. The van der Waals surface area contributed by atoms with E-state index in [9.17, 15) is 0 Å². The number of nitrogens with one attached hydrogen (secondary N) is 1. The Labute approximate surface area is 118 Å². The molecule has 5 heteroatoms. The molecule has 0 radical (unpaired) electrons. The Bertz CT molecular complexity index is 367. The monoisotopic (exact) mass is 285 g/mol. The van der Waals surface area contributed by atoms with Gasteiger partial charge in [0.25, 0.3) is 0 Å². The predicted octanol–water partition coefficient (Wildman–Crippen LogP) is 3.15.